The van der Waals surface area contributed by atoms with Gasteiger partial charge < -0.3 is 9.05 Å². The number of allylic oxidation sites excluding steroid dienone is 1. The van der Waals surface area contributed by atoms with Crippen LogP contribution >= 0.6 is 7.60 Å². The summed E-state index contributed by atoms with van der Waals surface area (Å²) in [5, 5.41) is 0. The number of unbranched alkanes of at least 4 members (excludes halogenated alkanes) is 26. The van der Waals surface area contributed by atoms with Crippen LogP contribution in [-0.4, -0.2) is 13.8 Å². The first-order chi connectivity index (χ1) is 17.6. The molecule has 0 aliphatic rings. The zero-order valence-corrected chi connectivity index (χ0v) is 25.8. The molecule has 0 aliphatic carbocycles. The molecule has 0 bridgehead atoms. The van der Waals surface area contributed by atoms with Crippen molar-refractivity contribution >= 4 is 7.60 Å². The molecule has 0 saturated carbocycles. The van der Waals surface area contributed by atoms with Gasteiger partial charge >= 0.3 is 7.60 Å². The third-order valence-corrected chi connectivity index (χ3v) is 8.57. The largest absolute Gasteiger partial charge is 0.433 e. The maximum absolute atomic E-state index is 11.5. The Kier molecular flexibility index (Phi) is 29.1. The molecule has 0 aromatic rings. The molecule has 0 rings (SSSR count). The van der Waals surface area contributed by atoms with E-state index < -0.39 is 7.60 Å². The Balaban J connectivity index is 3.10. The minimum absolute atomic E-state index is 0.989. The summed E-state index contributed by atoms with van der Waals surface area (Å²) in [7, 11) is -1.45. The van der Waals surface area contributed by atoms with E-state index in [9.17, 15) is 4.57 Å². The van der Waals surface area contributed by atoms with Gasteiger partial charge in [-0.25, -0.2) is 4.57 Å². The van der Waals surface area contributed by atoms with Gasteiger partial charge in [0.15, 0.2) is 0 Å². The fourth-order valence-corrected chi connectivity index (χ4v) is 5.24. The topological polar surface area (TPSA) is 35.5 Å². The zero-order chi connectivity index (χ0) is 26.4. The summed E-state index contributed by atoms with van der Waals surface area (Å²) in [5.41, 5.74) is 0. The molecule has 0 heterocycles. The second-order valence-electron chi connectivity index (χ2n) is 11.1. The summed E-state index contributed by atoms with van der Waals surface area (Å²) < 4.78 is 21.4. The third kappa shape index (κ3) is 30.0. The van der Waals surface area contributed by atoms with E-state index in [1.807, 2.05) is 6.08 Å². The van der Waals surface area contributed by atoms with Crippen LogP contribution in [0.25, 0.3) is 0 Å². The molecule has 0 N–H and O–H groups in total. The molecule has 0 aromatic heterocycles. The quantitative estimate of drug-likeness (QED) is 0.0528. The second kappa shape index (κ2) is 29.3. The van der Waals surface area contributed by atoms with Crippen molar-refractivity contribution in [3.8, 4) is 0 Å². The minimum atomic E-state index is -2.86. The van der Waals surface area contributed by atoms with Crippen LogP contribution in [0.3, 0.4) is 0 Å². The Morgan fingerprint density at radius 2 is 0.778 bits per heavy atom. The molecule has 1 unspecified atom stereocenters. The normalized spacial score (nSPS) is 13.4. The van der Waals surface area contributed by atoms with Crippen molar-refractivity contribution < 1.29 is 13.6 Å². The van der Waals surface area contributed by atoms with E-state index in [4.69, 9.17) is 9.05 Å². The number of hydrogen-bond donors (Lipinski definition) is 0. The molecule has 0 amide bonds. The van der Waals surface area contributed by atoms with Crippen LogP contribution in [0, 0.1) is 0 Å². The van der Waals surface area contributed by atoms with Crippen molar-refractivity contribution in [1.29, 1.82) is 0 Å². The Morgan fingerprint density at radius 3 is 1.06 bits per heavy atom. The Hall–Kier alpha value is -0.270. The third-order valence-electron chi connectivity index (χ3n) is 7.40. The van der Waals surface area contributed by atoms with Crippen LogP contribution in [0.4, 0.5) is 0 Å². The highest BCUT2D eigenvalue weighted by Gasteiger charge is 2.11. The highest BCUT2D eigenvalue weighted by atomic mass is 31.2. The molecule has 36 heavy (non-hydrogen) atoms. The first kappa shape index (κ1) is 35.7. The van der Waals surface area contributed by atoms with E-state index in [-0.39, 0.29) is 0 Å². The van der Waals surface area contributed by atoms with Gasteiger partial charge in [0.25, 0.3) is 0 Å². The summed E-state index contributed by atoms with van der Waals surface area (Å²) in [6.07, 6.45) is 41.6. The van der Waals surface area contributed by atoms with Crippen molar-refractivity contribution in [2.24, 2.45) is 0 Å². The van der Waals surface area contributed by atoms with Crippen molar-refractivity contribution in [1.82, 2.24) is 0 Å². The fraction of sp³-hybridized carbons (Fsp3) is 0.938. The second-order valence-corrected chi connectivity index (χ2v) is 13.2. The molecule has 0 spiro atoms. The summed E-state index contributed by atoms with van der Waals surface area (Å²) in [6, 6.07) is 0. The molecule has 3 nitrogen and oxygen atoms in total. The SMILES string of the molecule is CCCCCCCCCCCCCCCCCCCCCCCCCCCCC=COP(C)(=O)OC. The summed E-state index contributed by atoms with van der Waals surface area (Å²) in [4.78, 5) is 0. The Bertz CT molecular complexity index is 492. The minimum Gasteiger partial charge on any atom is -0.433 e. The van der Waals surface area contributed by atoms with Gasteiger partial charge in [-0.2, -0.15) is 0 Å². The number of rotatable bonds is 30. The Morgan fingerprint density at radius 1 is 0.500 bits per heavy atom. The first-order valence-corrected chi connectivity index (χ1v) is 18.1. The van der Waals surface area contributed by atoms with Gasteiger partial charge in [0.05, 0.1) is 6.26 Å². The van der Waals surface area contributed by atoms with Gasteiger partial charge in [-0.1, -0.05) is 167 Å². The molecule has 0 aliphatic heterocycles. The molecular formula is C32H65O3P. The first-order valence-electron chi connectivity index (χ1n) is 16.1. The lowest BCUT2D eigenvalue weighted by Gasteiger charge is -2.07. The van der Waals surface area contributed by atoms with Crippen LogP contribution in [0.1, 0.15) is 180 Å². The highest BCUT2D eigenvalue weighted by molar-refractivity contribution is 7.53. The molecule has 0 fully saturated rings. The van der Waals surface area contributed by atoms with Crippen molar-refractivity contribution in [2.45, 2.75) is 180 Å². The van der Waals surface area contributed by atoms with Crippen molar-refractivity contribution in [3.63, 3.8) is 0 Å². The maximum Gasteiger partial charge on any atom is 0.375 e. The van der Waals surface area contributed by atoms with Crippen LogP contribution in [0.5, 0.6) is 0 Å². The van der Waals surface area contributed by atoms with Crippen molar-refractivity contribution in [2.75, 3.05) is 13.8 Å². The highest BCUT2D eigenvalue weighted by Crippen LogP contribution is 2.42. The molecule has 0 radical (unpaired) electrons. The monoisotopic (exact) mass is 528 g/mol. The van der Waals surface area contributed by atoms with Crippen molar-refractivity contribution in [3.05, 3.63) is 12.3 Å². The van der Waals surface area contributed by atoms with E-state index in [1.54, 1.807) is 0 Å². The Labute approximate surface area is 227 Å². The van der Waals surface area contributed by atoms with E-state index in [2.05, 4.69) is 6.92 Å². The fourth-order valence-electron chi connectivity index (χ4n) is 4.84. The predicted octanol–water partition coefficient (Wildman–Crippen LogP) is 12.5. The summed E-state index contributed by atoms with van der Waals surface area (Å²) in [6.45, 7) is 3.78. The molecule has 0 aromatic carbocycles. The van der Waals surface area contributed by atoms with Crippen LogP contribution in [0.2, 0.25) is 0 Å². The van der Waals surface area contributed by atoms with Gasteiger partial charge in [0.1, 0.15) is 0 Å². The lowest BCUT2D eigenvalue weighted by atomic mass is 10.0. The van der Waals surface area contributed by atoms with E-state index >= 15 is 0 Å². The van der Waals surface area contributed by atoms with Gasteiger partial charge in [-0.15, -0.1) is 0 Å². The van der Waals surface area contributed by atoms with Crippen LogP contribution in [0.15, 0.2) is 12.3 Å². The van der Waals surface area contributed by atoms with Crippen LogP contribution in [-0.2, 0) is 13.6 Å². The molecule has 0 saturated heterocycles. The van der Waals surface area contributed by atoms with Gasteiger partial charge in [0.2, 0.25) is 0 Å². The van der Waals surface area contributed by atoms with E-state index in [0.29, 0.717) is 0 Å². The smallest absolute Gasteiger partial charge is 0.375 e. The van der Waals surface area contributed by atoms with E-state index in [1.165, 1.54) is 187 Å². The summed E-state index contributed by atoms with van der Waals surface area (Å²) in [5.74, 6) is 0. The van der Waals surface area contributed by atoms with Gasteiger partial charge in [-0.05, 0) is 18.9 Å². The number of hydrogen-bond acceptors (Lipinski definition) is 3. The summed E-state index contributed by atoms with van der Waals surface area (Å²) >= 11 is 0. The predicted molar refractivity (Wildman–Crippen MR) is 161 cm³/mol. The van der Waals surface area contributed by atoms with Crippen LogP contribution < -0.4 is 0 Å². The van der Waals surface area contributed by atoms with E-state index in [0.717, 1.165) is 6.42 Å². The lowest BCUT2D eigenvalue weighted by molar-refractivity contribution is 0.305. The standard InChI is InChI=1S/C32H65O3P/c1-4-5-6-7-8-9-10-11-12-13-14-15-16-17-18-19-20-21-22-23-24-25-26-27-28-29-30-31-32-35-36(3,33)34-2/h31-32H,4-30H2,1-3H3. The molecule has 4 heteroatoms. The van der Waals surface area contributed by atoms with Gasteiger partial charge in [-0.3, -0.25) is 0 Å². The molecule has 1 atom stereocenters. The molecule has 216 valence electrons. The average molecular weight is 529 g/mol. The van der Waals surface area contributed by atoms with Gasteiger partial charge in [0, 0.05) is 13.8 Å². The maximum atomic E-state index is 11.5. The lowest BCUT2D eigenvalue weighted by Crippen LogP contribution is -1.85. The average Bonchev–Trinajstić information content (AvgIpc) is 2.87. The zero-order valence-electron chi connectivity index (χ0n) is 24.9. The molecular weight excluding hydrogens is 463 g/mol.